The maximum atomic E-state index is 4.73. The van der Waals surface area contributed by atoms with Gasteiger partial charge < -0.3 is 0 Å². The van der Waals surface area contributed by atoms with Crippen molar-refractivity contribution in [2.75, 3.05) is 0 Å². The lowest BCUT2D eigenvalue weighted by Gasteiger charge is -2.01. The van der Waals surface area contributed by atoms with E-state index in [9.17, 15) is 0 Å². The third-order valence-corrected chi connectivity index (χ3v) is 3.16. The van der Waals surface area contributed by atoms with Gasteiger partial charge in [0.15, 0.2) is 0 Å². The van der Waals surface area contributed by atoms with Gasteiger partial charge in [0.1, 0.15) is 0 Å². The second-order valence-corrected chi connectivity index (χ2v) is 4.43. The summed E-state index contributed by atoms with van der Waals surface area (Å²) in [5, 5.41) is 4.19. The smallest absolute Gasteiger partial charge is 0.0723 e. The number of fused-ring (bicyclic) bond motifs is 2. The second kappa shape index (κ2) is 8.93. The Morgan fingerprint density at radius 3 is 1.23 bits per heavy atom. The summed E-state index contributed by atoms with van der Waals surface area (Å²) in [5.74, 6) is 0. The van der Waals surface area contributed by atoms with Crippen molar-refractivity contribution in [3.63, 3.8) is 0 Å². The molecular weight excluding hydrogens is 268 g/mol. The first-order valence-electron chi connectivity index (χ1n) is 8.05. The van der Waals surface area contributed by atoms with Crippen molar-refractivity contribution in [2.45, 2.75) is 41.5 Å². The van der Waals surface area contributed by atoms with Gasteiger partial charge in [-0.2, -0.15) is 0 Å². The van der Waals surface area contributed by atoms with Crippen molar-refractivity contribution < 1.29 is 0 Å². The van der Waals surface area contributed by atoms with E-state index in [4.69, 9.17) is 9.98 Å². The van der Waals surface area contributed by atoms with Crippen LogP contribution >= 0.6 is 0 Å². The fourth-order valence-corrected chi connectivity index (χ4v) is 2.24. The summed E-state index contributed by atoms with van der Waals surface area (Å²) < 4.78 is 0. The second-order valence-electron chi connectivity index (χ2n) is 4.43. The Balaban J connectivity index is 0.000000561. The van der Waals surface area contributed by atoms with E-state index in [0.717, 1.165) is 32.5 Å². The Morgan fingerprint density at radius 1 is 0.545 bits per heavy atom. The van der Waals surface area contributed by atoms with Crippen molar-refractivity contribution in [2.24, 2.45) is 9.98 Å². The van der Waals surface area contributed by atoms with Crippen LogP contribution in [0.25, 0.3) is 11.4 Å². The highest BCUT2D eigenvalue weighted by Crippen LogP contribution is 1.94. The maximum Gasteiger partial charge on any atom is 0.0723 e. The number of nitrogens with zero attached hydrogens (tertiary/aromatic N) is 2. The van der Waals surface area contributed by atoms with Crippen molar-refractivity contribution in [1.29, 1.82) is 0 Å². The van der Waals surface area contributed by atoms with E-state index in [2.05, 4.69) is 12.1 Å². The summed E-state index contributed by atoms with van der Waals surface area (Å²) in [6.07, 6.45) is 0. The molecule has 0 fully saturated rings. The number of hydrogen-bond donors (Lipinski definition) is 0. The van der Waals surface area contributed by atoms with E-state index in [-0.39, 0.29) is 0 Å². The molecular formula is C20H26N2. The molecule has 0 atom stereocenters. The lowest BCUT2D eigenvalue weighted by atomic mass is 10.2. The average Bonchev–Trinajstić information content (AvgIpc) is 2.58. The lowest BCUT2D eigenvalue weighted by Crippen LogP contribution is -2.33. The Bertz CT molecular complexity index is 772. The van der Waals surface area contributed by atoms with E-state index in [1.54, 1.807) is 0 Å². The molecule has 1 aliphatic rings. The van der Waals surface area contributed by atoms with Crippen molar-refractivity contribution in [1.82, 2.24) is 0 Å². The maximum absolute atomic E-state index is 4.73. The quantitative estimate of drug-likeness (QED) is 0.714. The van der Waals surface area contributed by atoms with Gasteiger partial charge in [0.05, 0.1) is 10.7 Å². The zero-order valence-electron chi connectivity index (χ0n) is 14.5. The van der Waals surface area contributed by atoms with Crippen LogP contribution in [0.1, 0.15) is 41.5 Å². The van der Waals surface area contributed by atoms with Gasteiger partial charge in [-0.25, -0.2) is 0 Å². The van der Waals surface area contributed by atoms with E-state index < -0.39 is 0 Å². The fraction of sp³-hybridized carbons (Fsp3) is 0.300. The highest BCUT2D eigenvalue weighted by molar-refractivity contribution is 5.46. The van der Waals surface area contributed by atoms with Gasteiger partial charge in [-0.15, -0.1) is 0 Å². The summed E-state index contributed by atoms with van der Waals surface area (Å²) in [5.41, 5.74) is 2.02. The van der Waals surface area contributed by atoms with Crippen molar-refractivity contribution in [3.05, 3.63) is 69.7 Å². The minimum atomic E-state index is 0.991. The van der Waals surface area contributed by atoms with Crippen LogP contribution in [0.4, 0.5) is 0 Å². The van der Waals surface area contributed by atoms with Crippen LogP contribution in [0.2, 0.25) is 0 Å². The highest BCUT2D eigenvalue weighted by atomic mass is 14.8. The average molecular weight is 294 g/mol. The standard InChI is InChI=1S/C16H14N2.2C2H6/c1-11-13-7-3-5-9-15(13)18-12(2)14-8-4-6-10-16(14)17-11;2*1-2/h3-10H,1-2H3;2*1-2H3/b13-11-,14-12-,17-11?,17-16+,18-12?,18-15+;;. The monoisotopic (exact) mass is 294 g/mol. The van der Waals surface area contributed by atoms with Gasteiger partial charge in [0.2, 0.25) is 0 Å². The highest BCUT2D eigenvalue weighted by Gasteiger charge is 1.98. The molecule has 22 heavy (non-hydrogen) atoms. The van der Waals surface area contributed by atoms with Crippen LogP contribution in [-0.2, 0) is 0 Å². The van der Waals surface area contributed by atoms with Gasteiger partial charge in [-0.3, -0.25) is 9.98 Å². The number of benzene rings is 2. The first-order chi connectivity index (χ1) is 10.8. The SMILES string of the molecule is CC.CC.CC1=c2\cccc\c2=N/C(C)=c2/cccc/c2=N\1. The summed E-state index contributed by atoms with van der Waals surface area (Å²) in [6, 6.07) is 16.3. The molecule has 1 aliphatic heterocycles. The Labute approximate surface area is 133 Å². The molecule has 0 bridgehead atoms. The number of para-hydroxylation sites is 2. The van der Waals surface area contributed by atoms with Crippen LogP contribution in [0, 0.1) is 0 Å². The van der Waals surface area contributed by atoms with E-state index in [1.165, 1.54) is 0 Å². The molecule has 0 spiro atoms. The molecule has 0 unspecified atom stereocenters. The molecule has 2 aromatic rings. The predicted octanol–water partition coefficient (Wildman–Crippen LogP) is 2.95. The van der Waals surface area contributed by atoms with Crippen LogP contribution in [0.5, 0.6) is 0 Å². The largest absolute Gasteiger partial charge is 0.252 e. The molecule has 0 N–H and O–H groups in total. The molecule has 2 heteroatoms. The number of rotatable bonds is 0. The van der Waals surface area contributed by atoms with Crippen molar-refractivity contribution in [3.8, 4) is 0 Å². The molecule has 0 aromatic heterocycles. The minimum Gasteiger partial charge on any atom is -0.252 e. The zero-order chi connectivity index (χ0) is 16.5. The fourth-order valence-electron chi connectivity index (χ4n) is 2.24. The van der Waals surface area contributed by atoms with Crippen LogP contribution in [0.15, 0.2) is 58.5 Å². The van der Waals surface area contributed by atoms with Gasteiger partial charge in [-0.1, -0.05) is 64.1 Å². The predicted molar refractivity (Wildman–Crippen MR) is 95.3 cm³/mol. The third kappa shape index (κ3) is 3.91. The first-order valence-corrected chi connectivity index (χ1v) is 8.05. The molecule has 0 aliphatic carbocycles. The van der Waals surface area contributed by atoms with Crippen molar-refractivity contribution >= 4 is 11.4 Å². The van der Waals surface area contributed by atoms with E-state index >= 15 is 0 Å². The normalized spacial score (nSPS) is 19.7. The minimum absolute atomic E-state index is 0.991. The van der Waals surface area contributed by atoms with Crippen LogP contribution < -0.4 is 21.2 Å². The molecule has 0 amide bonds. The van der Waals surface area contributed by atoms with Gasteiger partial charge in [0.25, 0.3) is 0 Å². The Morgan fingerprint density at radius 2 is 0.864 bits per heavy atom. The third-order valence-electron chi connectivity index (χ3n) is 3.16. The molecule has 1 heterocycles. The van der Waals surface area contributed by atoms with Gasteiger partial charge in [-0.05, 0) is 26.0 Å². The molecule has 0 saturated heterocycles. The van der Waals surface area contributed by atoms with E-state index in [0.29, 0.717) is 0 Å². The lowest BCUT2D eigenvalue weighted by molar-refractivity contribution is 1.19. The summed E-state index contributed by atoms with van der Waals surface area (Å²) in [4.78, 5) is 9.45. The summed E-state index contributed by atoms with van der Waals surface area (Å²) in [6.45, 7) is 12.1. The Hall–Kier alpha value is -2.22. The topological polar surface area (TPSA) is 24.7 Å². The van der Waals surface area contributed by atoms with Gasteiger partial charge in [0, 0.05) is 21.8 Å². The summed E-state index contributed by atoms with van der Waals surface area (Å²) in [7, 11) is 0. The molecule has 2 aromatic carbocycles. The van der Waals surface area contributed by atoms with Gasteiger partial charge >= 0.3 is 0 Å². The molecule has 0 radical (unpaired) electrons. The summed E-state index contributed by atoms with van der Waals surface area (Å²) >= 11 is 0. The van der Waals surface area contributed by atoms with Crippen LogP contribution in [-0.4, -0.2) is 0 Å². The van der Waals surface area contributed by atoms with E-state index in [1.807, 2.05) is 77.9 Å². The molecule has 3 rings (SSSR count). The molecule has 0 saturated carbocycles. The van der Waals surface area contributed by atoms with Crippen LogP contribution in [0.3, 0.4) is 0 Å². The molecule has 116 valence electrons. The Kier molecular flexibility index (Phi) is 7.24. The number of hydrogen-bond acceptors (Lipinski definition) is 2. The first kappa shape index (κ1) is 17.8. The zero-order valence-corrected chi connectivity index (χ0v) is 14.5. The molecule has 2 nitrogen and oxygen atoms in total.